The van der Waals surface area contributed by atoms with Crippen molar-refractivity contribution in [2.75, 3.05) is 6.61 Å². The van der Waals surface area contributed by atoms with Crippen LogP contribution in [0.25, 0.3) is 0 Å². The van der Waals surface area contributed by atoms with Gasteiger partial charge in [0.25, 0.3) is 0 Å². The molecule has 86 valence electrons. The molecule has 0 saturated carbocycles. The Balaban J connectivity index is 4.67. The lowest BCUT2D eigenvalue weighted by molar-refractivity contribution is -0.138. The fraction of sp³-hybridized carbons (Fsp3) is 0.385. The van der Waals surface area contributed by atoms with Crippen LogP contribution in [-0.2, 0) is 9.53 Å². The Labute approximate surface area is 96.7 Å². The highest BCUT2D eigenvalue weighted by Crippen LogP contribution is 2.04. The SMILES string of the molecule is C\C=C/C=C(C)/C=C(\C#N)C(=O)OCCC. The van der Waals surface area contributed by atoms with Gasteiger partial charge < -0.3 is 4.74 Å². The predicted octanol–water partition coefficient (Wildman–Crippen LogP) is 2.91. The number of rotatable bonds is 5. The highest BCUT2D eigenvalue weighted by molar-refractivity contribution is 5.93. The van der Waals surface area contributed by atoms with Gasteiger partial charge in [0, 0.05) is 0 Å². The molecular formula is C13H17NO2. The highest BCUT2D eigenvalue weighted by atomic mass is 16.5. The fourth-order valence-corrected chi connectivity index (χ4v) is 0.933. The molecule has 0 fully saturated rings. The molecule has 0 aliphatic rings. The largest absolute Gasteiger partial charge is 0.462 e. The van der Waals surface area contributed by atoms with E-state index in [0.717, 1.165) is 12.0 Å². The predicted molar refractivity (Wildman–Crippen MR) is 63.5 cm³/mol. The Morgan fingerprint density at radius 1 is 1.50 bits per heavy atom. The maximum absolute atomic E-state index is 11.4. The van der Waals surface area contributed by atoms with Crippen LogP contribution >= 0.6 is 0 Å². The van der Waals surface area contributed by atoms with Crippen molar-refractivity contribution < 1.29 is 9.53 Å². The summed E-state index contributed by atoms with van der Waals surface area (Å²) in [5.41, 5.74) is 0.870. The molecule has 0 amide bonds. The summed E-state index contributed by atoms with van der Waals surface area (Å²) < 4.78 is 4.87. The molecule has 3 heteroatoms. The number of ether oxygens (including phenoxy) is 1. The van der Waals surface area contributed by atoms with Gasteiger partial charge in [0.05, 0.1) is 6.61 Å². The van der Waals surface area contributed by atoms with Gasteiger partial charge in [-0.25, -0.2) is 4.79 Å². The van der Waals surface area contributed by atoms with Crippen molar-refractivity contribution >= 4 is 5.97 Å². The first-order valence-corrected chi connectivity index (χ1v) is 5.24. The van der Waals surface area contributed by atoms with Gasteiger partial charge in [0.15, 0.2) is 0 Å². The Kier molecular flexibility index (Phi) is 7.52. The van der Waals surface area contributed by atoms with Crippen molar-refractivity contribution in [2.24, 2.45) is 0 Å². The summed E-state index contributed by atoms with van der Waals surface area (Å²) in [6.45, 7) is 5.97. The van der Waals surface area contributed by atoms with E-state index in [0.29, 0.717) is 6.61 Å². The van der Waals surface area contributed by atoms with E-state index >= 15 is 0 Å². The zero-order valence-corrected chi connectivity index (χ0v) is 9.99. The molecule has 0 saturated heterocycles. The molecule has 0 spiro atoms. The molecule has 0 bridgehead atoms. The van der Waals surface area contributed by atoms with Crippen LogP contribution in [0.5, 0.6) is 0 Å². The van der Waals surface area contributed by atoms with Gasteiger partial charge in [-0.05, 0) is 31.9 Å². The summed E-state index contributed by atoms with van der Waals surface area (Å²) in [7, 11) is 0. The number of carbonyl (C=O) groups is 1. The second kappa shape index (κ2) is 8.49. The van der Waals surface area contributed by atoms with Gasteiger partial charge in [0.2, 0.25) is 0 Å². The molecule has 0 rings (SSSR count). The van der Waals surface area contributed by atoms with E-state index in [1.54, 1.807) is 0 Å². The van der Waals surface area contributed by atoms with Crippen LogP contribution in [0, 0.1) is 11.3 Å². The summed E-state index contributed by atoms with van der Waals surface area (Å²) in [5.74, 6) is -0.558. The van der Waals surface area contributed by atoms with E-state index in [4.69, 9.17) is 10.00 Å². The number of hydrogen-bond donors (Lipinski definition) is 0. The van der Waals surface area contributed by atoms with E-state index in [2.05, 4.69) is 0 Å². The average molecular weight is 219 g/mol. The smallest absolute Gasteiger partial charge is 0.348 e. The minimum absolute atomic E-state index is 0.0340. The van der Waals surface area contributed by atoms with Crippen molar-refractivity contribution in [1.82, 2.24) is 0 Å². The second-order valence-corrected chi connectivity index (χ2v) is 3.24. The number of nitrogens with zero attached hydrogens (tertiary/aromatic N) is 1. The third kappa shape index (κ3) is 5.82. The Morgan fingerprint density at radius 3 is 2.69 bits per heavy atom. The van der Waals surface area contributed by atoms with Crippen molar-refractivity contribution in [3.05, 3.63) is 35.5 Å². The second-order valence-electron chi connectivity index (χ2n) is 3.24. The molecule has 0 N–H and O–H groups in total. The first-order valence-electron chi connectivity index (χ1n) is 5.24. The summed E-state index contributed by atoms with van der Waals surface area (Å²) in [4.78, 5) is 11.4. The lowest BCUT2D eigenvalue weighted by atomic mass is 10.2. The lowest BCUT2D eigenvalue weighted by Gasteiger charge is -2.00. The van der Waals surface area contributed by atoms with Crippen LogP contribution in [0.1, 0.15) is 27.2 Å². The third-order valence-electron chi connectivity index (χ3n) is 1.70. The Bertz CT molecular complexity index is 357. The molecule has 0 aromatic heterocycles. The average Bonchev–Trinajstić information content (AvgIpc) is 2.30. The monoisotopic (exact) mass is 219 g/mol. The van der Waals surface area contributed by atoms with E-state index in [1.165, 1.54) is 6.08 Å². The lowest BCUT2D eigenvalue weighted by Crippen LogP contribution is -2.07. The molecule has 0 aromatic rings. The van der Waals surface area contributed by atoms with Gasteiger partial charge in [-0.3, -0.25) is 0 Å². The third-order valence-corrected chi connectivity index (χ3v) is 1.70. The molecule has 16 heavy (non-hydrogen) atoms. The van der Waals surface area contributed by atoms with Crippen LogP contribution in [0.4, 0.5) is 0 Å². The summed E-state index contributed by atoms with van der Waals surface area (Å²) in [6, 6.07) is 1.84. The molecule has 0 atom stereocenters. The maximum atomic E-state index is 11.4. The quantitative estimate of drug-likeness (QED) is 0.309. The molecule has 0 unspecified atom stereocenters. The number of nitriles is 1. The molecule has 0 aliphatic heterocycles. The van der Waals surface area contributed by atoms with Crippen molar-refractivity contribution in [3.8, 4) is 6.07 Å². The van der Waals surface area contributed by atoms with Crippen LogP contribution < -0.4 is 0 Å². The number of carbonyl (C=O) groups excluding carboxylic acids is 1. The summed E-state index contributed by atoms with van der Waals surface area (Å²) in [5, 5.41) is 8.81. The fourth-order valence-electron chi connectivity index (χ4n) is 0.933. The number of esters is 1. The van der Waals surface area contributed by atoms with Crippen LogP contribution in [0.3, 0.4) is 0 Å². The van der Waals surface area contributed by atoms with Gasteiger partial charge in [-0.15, -0.1) is 0 Å². The van der Waals surface area contributed by atoms with Gasteiger partial charge >= 0.3 is 5.97 Å². The Morgan fingerprint density at radius 2 is 2.19 bits per heavy atom. The molecule has 0 aliphatic carbocycles. The van der Waals surface area contributed by atoms with Gasteiger partial charge in [-0.1, -0.05) is 25.2 Å². The van der Waals surface area contributed by atoms with Crippen LogP contribution in [0.15, 0.2) is 35.5 Å². The van der Waals surface area contributed by atoms with E-state index < -0.39 is 5.97 Å². The summed E-state index contributed by atoms with van der Waals surface area (Å²) >= 11 is 0. The van der Waals surface area contributed by atoms with Crippen LogP contribution in [0.2, 0.25) is 0 Å². The first-order chi connectivity index (χ1) is 7.65. The zero-order valence-electron chi connectivity index (χ0n) is 9.99. The van der Waals surface area contributed by atoms with E-state index in [-0.39, 0.29) is 5.57 Å². The normalized spacial score (nSPS) is 12.6. The van der Waals surface area contributed by atoms with E-state index in [1.807, 2.05) is 45.1 Å². The molecule has 0 radical (unpaired) electrons. The molecule has 0 aromatic carbocycles. The number of allylic oxidation sites excluding steroid dienone is 5. The van der Waals surface area contributed by atoms with Crippen molar-refractivity contribution in [2.45, 2.75) is 27.2 Å². The highest BCUT2D eigenvalue weighted by Gasteiger charge is 2.09. The topological polar surface area (TPSA) is 50.1 Å². The number of hydrogen-bond acceptors (Lipinski definition) is 3. The standard InChI is InChI=1S/C13H17NO2/c1-4-6-7-11(3)9-12(10-14)13(15)16-8-5-2/h4,6-7,9H,5,8H2,1-3H3/b6-4-,11-7+,12-9+. The minimum atomic E-state index is -0.558. The van der Waals surface area contributed by atoms with Crippen LogP contribution in [-0.4, -0.2) is 12.6 Å². The summed E-state index contributed by atoms with van der Waals surface area (Å²) in [6.07, 6.45) is 7.82. The molecule has 3 nitrogen and oxygen atoms in total. The van der Waals surface area contributed by atoms with Gasteiger partial charge in [0.1, 0.15) is 11.6 Å². The van der Waals surface area contributed by atoms with Crippen molar-refractivity contribution in [3.63, 3.8) is 0 Å². The molecular weight excluding hydrogens is 202 g/mol. The first kappa shape index (κ1) is 14.2. The van der Waals surface area contributed by atoms with E-state index in [9.17, 15) is 4.79 Å². The zero-order chi connectivity index (χ0) is 12.4. The molecule has 0 heterocycles. The van der Waals surface area contributed by atoms with Crippen molar-refractivity contribution in [1.29, 1.82) is 5.26 Å². The van der Waals surface area contributed by atoms with Gasteiger partial charge in [-0.2, -0.15) is 5.26 Å². The minimum Gasteiger partial charge on any atom is -0.462 e. The Hall–Kier alpha value is -1.82. The maximum Gasteiger partial charge on any atom is 0.348 e.